The number of nitrogens with one attached hydrogen (secondary N) is 1. The first-order valence-corrected chi connectivity index (χ1v) is 7.95. The fraction of sp³-hybridized carbons (Fsp3) is 0.444. The number of ether oxygens (including phenoxy) is 1. The zero-order valence-electron chi connectivity index (χ0n) is 15.1. The first-order valence-electron chi connectivity index (χ1n) is 7.95. The number of hydrogen-bond donors (Lipinski definition) is 1. The lowest BCUT2D eigenvalue weighted by Gasteiger charge is -2.22. The van der Waals surface area contributed by atoms with Crippen LogP contribution in [0.3, 0.4) is 0 Å². The first-order chi connectivity index (χ1) is 11.1. The monoisotopic (exact) mass is 331 g/mol. The van der Waals surface area contributed by atoms with Crippen molar-refractivity contribution in [2.45, 2.75) is 46.3 Å². The normalized spacial score (nSPS) is 12.8. The number of benzene rings is 1. The molecule has 0 aliphatic heterocycles. The van der Waals surface area contributed by atoms with Crippen molar-refractivity contribution >= 4 is 11.7 Å². The molecular weight excluding hydrogens is 306 g/mol. The summed E-state index contributed by atoms with van der Waals surface area (Å²) in [5, 5.41) is 3.00. The summed E-state index contributed by atoms with van der Waals surface area (Å²) in [5.41, 5.74) is 1.16. The van der Waals surface area contributed by atoms with E-state index in [1.165, 1.54) is 0 Å². The van der Waals surface area contributed by atoms with Crippen molar-refractivity contribution < 1.29 is 9.53 Å². The van der Waals surface area contributed by atoms with Gasteiger partial charge in [0, 0.05) is 7.05 Å². The van der Waals surface area contributed by atoms with Gasteiger partial charge in [-0.15, -0.1) is 0 Å². The number of anilines is 1. The van der Waals surface area contributed by atoms with Crippen LogP contribution in [0.25, 0.3) is 5.69 Å². The molecule has 1 heterocycles. The molecule has 0 amide bonds. The minimum absolute atomic E-state index is 0.198. The Morgan fingerprint density at radius 1 is 1.21 bits per heavy atom. The van der Waals surface area contributed by atoms with Crippen LogP contribution >= 0.6 is 0 Å². The molecule has 0 bridgehead atoms. The van der Waals surface area contributed by atoms with Gasteiger partial charge in [-0.2, -0.15) is 0 Å². The van der Waals surface area contributed by atoms with Crippen LogP contribution < -0.4 is 10.9 Å². The Morgan fingerprint density at radius 3 is 2.33 bits per heavy atom. The minimum Gasteiger partial charge on any atom is -0.458 e. The number of carbonyl (C=O) groups is 1. The van der Waals surface area contributed by atoms with Gasteiger partial charge in [-0.1, -0.05) is 18.2 Å². The molecule has 0 unspecified atom stereocenters. The van der Waals surface area contributed by atoms with Crippen LogP contribution in [0.15, 0.2) is 35.1 Å². The fourth-order valence-electron chi connectivity index (χ4n) is 2.40. The summed E-state index contributed by atoms with van der Waals surface area (Å²) >= 11 is 0. The lowest BCUT2D eigenvalue weighted by Crippen LogP contribution is -2.35. The molecule has 24 heavy (non-hydrogen) atoms. The van der Waals surface area contributed by atoms with Gasteiger partial charge in [0.1, 0.15) is 17.3 Å². The number of para-hydroxylation sites is 1. The minimum atomic E-state index is -0.623. The van der Waals surface area contributed by atoms with Crippen molar-refractivity contribution in [2.75, 3.05) is 5.32 Å². The number of hydrogen-bond acceptors (Lipinski definition) is 4. The standard InChI is InChI=1S/C18H25N3O3/c1-12(17(23)24-18(3,4)5)19-15-13(2)20(6)21(16(15)22)14-10-8-7-9-11-14/h7-12,19H,1-6H3/t12-/m1/s1. The maximum atomic E-state index is 12.8. The summed E-state index contributed by atoms with van der Waals surface area (Å²) in [7, 11) is 1.81. The van der Waals surface area contributed by atoms with Crippen LogP contribution in [0, 0.1) is 6.92 Å². The van der Waals surface area contributed by atoms with Crippen LogP contribution in [0.2, 0.25) is 0 Å². The first kappa shape index (κ1) is 17.8. The Morgan fingerprint density at radius 2 is 1.79 bits per heavy atom. The molecule has 1 aromatic heterocycles. The third-order valence-corrected chi connectivity index (χ3v) is 3.68. The van der Waals surface area contributed by atoms with Gasteiger partial charge < -0.3 is 10.1 Å². The van der Waals surface area contributed by atoms with Crippen LogP contribution in [0.4, 0.5) is 5.69 Å². The fourth-order valence-corrected chi connectivity index (χ4v) is 2.40. The summed E-state index contributed by atoms with van der Waals surface area (Å²) in [6.45, 7) is 8.97. The molecule has 6 nitrogen and oxygen atoms in total. The van der Waals surface area contributed by atoms with Gasteiger partial charge >= 0.3 is 5.97 Å². The summed E-state index contributed by atoms with van der Waals surface area (Å²) in [4.78, 5) is 24.9. The predicted molar refractivity (Wildman–Crippen MR) is 94.7 cm³/mol. The molecule has 0 aliphatic carbocycles. The molecule has 1 N–H and O–H groups in total. The molecule has 0 fully saturated rings. The van der Waals surface area contributed by atoms with Crippen molar-refractivity contribution in [2.24, 2.45) is 7.05 Å². The van der Waals surface area contributed by atoms with Crippen molar-refractivity contribution in [1.82, 2.24) is 9.36 Å². The van der Waals surface area contributed by atoms with E-state index in [2.05, 4.69) is 5.32 Å². The van der Waals surface area contributed by atoms with Crippen molar-refractivity contribution in [3.63, 3.8) is 0 Å². The predicted octanol–water partition coefficient (Wildman–Crippen LogP) is 2.63. The zero-order valence-corrected chi connectivity index (χ0v) is 15.1. The van der Waals surface area contributed by atoms with Gasteiger partial charge in [-0.25, -0.2) is 9.48 Å². The Kier molecular flexibility index (Phi) is 4.87. The highest BCUT2D eigenvalue weighted by molar-refractivity contribution is 5.79. The van der Waals surface area contributed by atoms with E-state index < -0.39 is 17.6 Å². The smallest absolute Gasteiger partial charge is 0.328 e. The second-order valence-electron chi connectivity index (χ2n) is 6.84. The zero-order chi connectivity index (χ0) is 18.1. The van der Waals surface area contributed by atoms with Gasteiger partial charge in [0.2, 0.25) is 0 Å². The topological polar surface area (TPSA) is 65.3 Å². The Balaban J connectivity index is 2.33. The number of rotatable bonds is 4. The molecule has 1 aromatic carbocycles. The van der Waals surface area contributed by atoms with Crippen molar-refractivity contribution in [3.05, 3.63) is 46.4 Å². The van der Waals surface area contributed by atoms with Crippen LogP contribution in [-0.2, 0) is 16.6 Å². The molecule has 1 atom stereocenters. The molecule has 2 aromatic rings. The second-order valence-corrected chi connectivity index (χ2v) is 6.84. The highest BCUT2D eigenvalue weighted by Crippen LogP contribution is 2.16. The largest absolute Gasteiger partial charge is 0.458 e. The molecule has 2 rings (SSSR count). The van der Waals surface area contributed by atoms with E-state index in [-0.39, 0.29) is 5.56 Å². The lowest BCUT2D eigenvalue weighted by atomic mass is 10.2. The van der Waals surface area contributed by atoms with Gasteiger partial charge in [-0.3, -0.25) is 9.48 Å². The van der Waals surface area contributed by atoms with Gasteiger partial charge in [0.15, 0.2) is 0 Å². The van der Waals surface area contributed by atoms with Crippen LogP contribution in [0.1, 0.15) is 33.4 Å². The molecule has 130 valence electrons. The summed E-state index contributed by atoms with van der Waals surface area (Å²) in [6, 6.07) is 8.75. The quantitative estimate of drug-likeness (QED) is 0.875. The number of carbonyl (C=O) groups excluding carboxylic acids is 1. The maximum Gasteiger partial charge on any atom is 0.328 e. The van der Waals surface area contributed by atoms with Crippen LogP contribution in [-0.4, -0.2) is 27.0 Å². The third kappa shape index (κ3) is 3.69. The molecule has 0 saturated carbocycles. The van der Waals surface area contributed by atoms with E-state index in [0.29, 0.717) is 5.69 Å². The lowest BCUT2D eigenvalue weighted by molar-refractivity contribution is -0.155. The van der Waals surface area contributed by atoms with E-state index in [1.807, 2.05) is 65.1 Å². The van der Waals surface area contributed by atoms with E-state index >= 15 is 0 Å². The third-order valence-electron chi connectivity index (χ3n) is 3.68. The maximum absolute atomic E-state index is 12.8. The van der Waals surface area contributed by atoms with E-state index in [9.17, 15) is 9.59 Å². The van der Waals surface area contributed by atoms with E-state index in [4.69, 9.17) is 4.74 Å². The number of esters is 1. The van der Waals surface area contributed by atoms with Crippen LogP contribution in [0.5, 0.6) is 0 Å². The summed E-state index contributed by atoms with van der Waals surface area (Å²) in [6.07, 6.45) is 0. The molecule has 0 aliphatic rings. The van der Waals surface area contributed by atoms with Gasteiger partial charge in [0.25, 0.3) is 5.56 Å². The second kappa shape index (κ2) is 6.55. The van der Waals surface area contributed by atoms with Gasteiger partial charge in [0.05, 0.1) is 11.4 Å². The Hall–Kier alpha value is -2.50. The van der Waals surface area contributed by atoms with Crippen molar-refractivity contribution in [1.29, 1.82) is 0 Å². The summed E-state index contributed by atoms with van der Waals surface area (Å²) < 4.78 is 8.69. The van der Waals surface area contributed by atoms with Crippen molar-refractivity contribution in [3.8, 4) is 5.69 Å². The average Bonchev–Trinajstić information content (AvgIpc) is 2.70. The molecule has 0 saturated heterocycles. The average molecular weight is 331 g/mol. The molecule has 6 heteroatoms. The molecule has 0 spiro atoms. The molecule has 0 radical (unpaired) electrons. The highest BCUT2D eigenvalue weighted by Gasteiger charge is 2.24. The SMILES string of the molecule is Cc1c(N[C@H](C)C(=O)OC(C)(C)C)c(=O)n(-c2ccccc2)n1C. The Labute approximate surface area is 142 Å². The Bertz CT molecular complexity index is 782. The van der Waals surface area contributed by atoms with E-state index in [0.717, 1.165) is 11.4 Å². The van der Waals surface area contributed by atoms with E-state index in [1.54, 1.807) is 16.3 Å². The number of aromatic nitrogens is 2. The highest BCUT2D eigenvalue weighted by atomic mass is 16.6. The molecular formula is C18H25N3O3. The van der Waals surface area contributed by atoms with Gasteiger partial charge in [-0.05, 0) is 46.8 Å². The number of nitrogens with zero attached hydrogens (tertiary/aromatic N) is 2. The summed E-state index contributed by atoms with van der Waals surface area (Å²) in [5.74, 6) is -0.392.